The zero-order valence-corrected chi connectivity index (χ0v) is 19.0. The van der Waals surface area contributed by atoms with Gasteiger partial charge < -0.3 is 34.1 Å². The highest BCUT2D eigenvalue weighted by Crippen LogP contribution is 2.27. The van der Waals surface area contributed by atoms with Gasteiger partial charge in [0, 0.05) is 24.2 Å². The minimum atomic E-state index is -0.944. The van der Waals surface area contributed by atoms with Crippen molar-refractivity contribution in [2.24, 2.45) is 17.8 Å². The second-order valence-corrected chi connectivity index (χ2v) is 8.46. The predicted molar refractivity (Wildman–Crippen MR) is 121 cm³/mol. The zero-order valence-electron chi connectivity index (χ0n) is 19.0. The molecular weight excluding hydrogens is 428 g/mol. The third-order valence-corrected chi connectivity index (χ3v) is 5.92. The summed E-state index contributed by atoms with van der Waals surface area (Å²) in [5, 5.41) is 20.0. The van der Waals surface area contributed by atoms with E-state index in [9.17, 15) is 34.2 Å². The Labute approximate surface area is 195 Å². The number of ether oxygens (including phenoxy) is 1. The molecule has 0 spiro atoms. The molecule has 0 aromatic heterocycles. The van der Waals surface area contributed by atoms with Crippen molar-refractivity contribution in [2.75, 3.05) is 0 Å². The molecule has 1 rings (SSSR count). The summed E-state index contributed by atoms with van der Waals surface area (Å²) in [7, 11) is 0. The van der Waals surface area contributed by atoms with Gasteiger partial charge in [-0.15, -0.1) is 0 Å². The lowest BCUT2D eigenvalue weighted by Gasteiger charge is -2.31. The Balaban J connectivity index is 2.55. The first kappa shape index (κ1) is 28.7. The summed E-state index contributed by atoms with van der Waals surface area (Å²) in [6.07, 6.45) is 11.0. The molecule has 1 fully saturated rings. The normalized spacial score (nSPS) is 22.8. The van der Waals surface area contributed by atoms with Gasteiger partial charge >= 0.3 is 0 Å². The zero-order chi connectivity index (χ0) is 24.5. The van der Waals surface area contributed by atoms with E-state index in [0.29, 0.717) is 50.4 Å². The molecule has 1 heterocycles. The molecule has 1 aliphatic rings. The standard InChI is InChI=1S/C25H36O8/c26-13-3-1-2-6-19(15-27)11-12-23(31)21(17-29)8-4-7-20(16-28)14-22(18-30)24-9-5-10-25(32)33-24/h4,6-7,13,15-18,20-25,31-32H,1-3,5,8-12,14H2. The lowest BCUT2D eigenvalue weighted by Crippen LogP contribution is -2.35. The molecule has 0 saturated carbocycles. The number of aliphatic hydroxyl groups is 2. The van der Waals surface area contributed by atoms with E-state index in [4.69, 9.17) is 4.74 Å². The van der Waals surface area contributed by atoms with Crippen molar-refractivity contribution in [1.82, 2.24) is 0 Å². The largest absolute Gasteiger partial charge is 0.392 e. The Kier molecular flexibility index (Phi) is 15.0. The van der Waals surface area contributed by atoms with Crippen molar-refractivity contribution in [1.29, 1.82) is 0 Å². The molecule has 0 amide bonds. The average Bonchev–Trinajstić information content (AvgIpc) is 2.83. The van der Waals surface area contributed by atoms with Gasteiger partial charge in [-0.2, -0.15) is 0 Å². The minimum absolute atomic E-state index is 0.221. The molecule has 0 bridgehead atoms. The van der Waals surface area contributed by atoms with E-state index < -0.39 is 36.3 Å². The molecule has 0 aromatic carbocycles. The highest BCUT2D eigenvalue weighted by Gasteiger charge is 2.29. The third-order valence-electron chi connectivity index (χ3n) is 5.92. The molecule has 184 valence electrons. The van der Waals surface area contributed by atoms with E-state index in [1.165, 1.54) is 0 Å². The smallest absolute Gasteiger partial charge is 0.154 e. The number of allylic oxidation sites excluding steroid dienone is 4. The third kappa shape index (κ3) is 11.4. The first-order valence-corrected chi connectivity index (χ1v) is 11.6. The number of aliphatic hydroxyl groups excluding tert-OH is 2. The fraction of sp³-hybridized carbons (Fsp3) is 0.640. The molecule has 1 saturated heterocycles. The topological polar surface area (TPSA) is 135 Å². The van der Waals surface area contributed by atoms with Crippen LogP contribution in [0, 0.1) is 17.8 Å². The number of carbonyl (C=O) groups excluding carboxylic acids is 5. The number of rotatable bonds is 18. The lowest BCUT2D eigenvalue weighted by molar-refractivity contribution is -0.178. The van der Waals surface area contributed by atoms with E-state index in [1.807, 2.05) is 0 Å². The number of aldehydes is 5. The summed E-state index contributed by atoms with van der Waals surface area (Å²) in [6, 6.07) is 0. The van der Waals surface area contributed by atoms with E-state index in [0.717, 1.165) is 31.6 Å². The van der Waals surface area contributed by atoms with E-state index >= 15 is 0 Å². The second kappa shape index (κ2) is 17.2. The second-order valence-electron chi connectivity index (χ2n) is 8.46. The molecule has 6 atom stereocenters. The Bertz CT molecular complexity index is 671. The Morgan fingerprint density at radius 3 is 2.42 bits per heavy atom. The van der Waals surface area contributed by atoms with Crippen LogP contribution in [0.1, 0.15) is 64.2 Å². The van der Waals surface area contributed by atoms with Crippen molar-refractivity contribution in [2.45, 2.75) is 82.7 Å². The summed E-state index contributed by atoms with van der Waals surface area (Å²) in [5.74, 6) is -1.76. The van der Waals surface area contributed by atoms with Crippen molar-refractivity contribution < 1.29 is 38.9 Å². The van der Waals surface area contributed by atoms with Crippen LogP contribution in [-0.4, -0.2) is 60.1 Å². The monoisotopic (exact) mass is 464 g/mol. The fourth-order valence-electron chi connectivity index (χ4n) is 3.88. The number of hydrogen-bond acceptors (Lipinski definition) is 8. The van der Waals surface area contributed by atoms with E-state index in [2.05, 4.69) is 0 Å². The van der Waals surface area contributed by atoms with Crippen LogP contribution < -0.4 is 0 Å². The molecule has 8 heteroatoms. The van der Waals surface area contributed by atoms with Gasteiger partial charge in [-0.25, -0.2) is 0 Å². The summed E-state index contributed by atoms with van der Waals surface area (Å²) in [5.41, 5.74) is 0.524. The van der Waals surface area contributed by atoms with Gasteiger partial charge in [0.2, 0.25) is 0 Å². The van der Waals surface area contributed by atoms with Crippen LogP contribution in [-0.2, 0) is 28.7 Å². The van der Waals surface area contributed by atoms with Crippen molar-refractivity contribution >= 4 is 31.4 Å². The first-order chi connectivity index (χ1) is 16.0. The maximum absolute atomic E-state index is 11.5. The van der Waals surface area contributed by atoms with Crippen LogP contribution in [0.15, 0.2) is 23.8 Å². The SMILES string of the molecule is O=CCCCC=C(C=O)CCC(O)C(C=O)CC=CC(C=O)CC(C=O)C1CCCC(O)O1. The van der Waals surface area contributed by atoms with Crippen molar-refractivity contribution in [3.05, 3.63) is 23.8 Å². The molecule has 33 heavy (non-hydrogen) atoms. The van der Waals surface area contributed by atoms with Gasteiger partial charge in [0.15, 0.2) is 6.29 Å². The molecule has 6 unspecified atom stereocenters. The Morgan fingerprint density at radius 1 is 1.03 bits per heavy atom. The van der Waals surface area contributed by atoms with E-state index in [1.54, 1.807) is 18.2 Å². The number of unbranched alkanes of at least 4 members (excludes halogenated alkanes) is 2. The van der Waals surface area contributed by atoms with Gasteiger partial charge in [0.1, 0.15) is 31.4 Å². The van der Waals surface area contributed by atoms with Crippen LogP contribution in [0.5, 0.6) is 0 Å². The maximum atomic E-state index is 11.5. The molecular formula is C25H36O8. The van der Waals surface area contributed by atoms with Gasteiger partial charge in [-0.3, -0.25) is 4.79 Å². The molecule has 0 radical (unpaired) electrons. The fourth-order valence-corrected chi connectivity index (χ4v) is 3.88. The molecule has 8 nitrogen and oxygen atoms in total. The van der Waals surface area contributed by atoms with Crippen molar-refractivity contribution in [3.8, 4) is 0 Å². The van der Waals surface area contributed by atoms with Crippen LogP contribution in [0.25, 0.3) is 0 Å². The molecule has 0 aliphatic carbocycles. The molecule has 1 aliphatic heterocycles. The maximum Gasteiger partial charge on any atom is 0.154 e. The predicted octanol–water partition coefficient (Wildman–Crippen LogP) is 2.29. The van der Waals surface area contributed by atoms with Gasteiger partial charge in [-0.05, 0) is 63.4 Å². The quantitative estimate of drug-likeness (QED) is 0.137. The van der Waals surface area contributed by atoms with Gasteiger partial charge in [-0.1, -0.05) is 18.2 Å². The average molecular weight is 465 g/mol. The number of hydrogen-bond donors (Lipinski definition) is 2. The number of carbonyl (C=O) groups is 5. The summed E-state index contributed by atoms with van der Waals surface area (Å²) in [6.45, 7) is 0. The molecule has 2 N–H and O–H groups in total. The molecule has 0 aromatic rings. The highest BCUT2D eigenvalue weighted by atomic mass is 16.6. The summed E-state index contributed by atoms with van der Waals surface area (Å²) < 4.78 is 5.43. The van der Waals surface area contributed by atoms with Gasteiger partial charge in [0.25, 0.3) is 0 Å². The Morgan fingerprint density at radius 2 is 1.82 bits per heavy atom. The summed E-state index contributed by atoms with van der Waals surface area (Å²) in [4.78, 5) is 55.9. The summed E-state index contributed by atoms with van der Waals surface area (Å²) >= 11 is 0. The van der Waals surface area contributed by atoms with Crippen molar-refractivity contribution in [3.63, 3.8) is 0 Å². The van der Waals surface area contributed by atoms with E-state index in [-0.39, 0.29) is 19.3 Å². The highest BCUT2D eigenvalue weighted by molar-refractivity contribution is 5.73. The Hall–Kier alpha value is -2.29. The van der Waals surface area contributed by atoms with Gasteiger partial charge in [0.05, 0.1) is 12.2 Å². The first-order valence-electron chi connectivity index (χ1n) is 11.6. The van der Waals surface area contributed by atoms with Crippen LogP contribution in [0.2, 0.25) is 0 Å². The lowest BCUT2D eigenvalue weighted by atomic mass is 9.87. The minimum Gasteiger partial charge on any atom is -0.392 e. The van der Waals surface area contributed by atoms with Crippen LogP contribution in [0.4, 0.5) is 0 Å². The van der Waals surface area contributed by atoms with Crippen LogP contribution in [0.3, 0.4) is 0 Å². The van der Waals surface area contributed by atoms with Crippen LogP contribution >= 0.6 is 0 Å².